The van der Waals surface area contributed by atoms with Crippen LogP contribution in [0.2, 0.25) is 0 Å². The Labute approximate surface area is 368 Å². The van der Waals surface area contributed by atoms with Crippen molar-refractivity contribution in [2.45, 2.75) is 57.3 Å². The zero-order chi connectivity index (χ0) is 43.8. The molecule has 0 saturated heterocycles. The zero-order valence-electron chi connectivity index (χ0n) is 37.6. The van der Waals surface area contributed by atoms with Crippen LogP contribution in [0.4, 0.5) is 0 Å². The number of rotatable bonds is 23. The highest BCUT2D eigenvalue weighted by Gasteiger charge is 2.25. The highest BCUT2D eigenvalue weighted by molar-refractivity contribution is 5.55. The van der Waals surface area contributed by atoms with Crippen molar-refractivity contribution >= 4 is 0 Å². The minimum Gasteiger partial charge on any atom is -0.497 e. The van der Waals surface area contributed by atoms with Crippen LogP contribution in [0.15, 0.2) is 121 Å². The van der Waals surface area contributed by atoms with E-state index < -0.39 is 0 Å². The maximum atomic E-state index is 5.60. The Bertz CT molecular complexity index is 2230. The highest BCUT2D eigenvalue weighted by Crippen LogP contribution is 2.40. The van der Waals surface area contributed by atoms with E-state index in [2.05, 4.69) is 97.1 Å². The number of ether oxygens (including phenoxy) is 8. The van der Waals surface area contributed by atoms with E-state index in [4.69, 9.17) is 37.9 Å². The molecule has 0 aliphatic heterocycles. The van der Waals surface area contributed by atoms with Crippen molar-refractivity contribution in [1.82, 2.24) is 0 Å². The molecule has 0 spiro atoms. The summed E-state index contributed by atoms with van der Waals surface area (Å²) < 4.78 is 44.6. The molecule has 6 aromatic carbocycles. The third-order valence-corrected chi connectivity index (χ3v) is 11.9. The largest absolute Gasteiger partial charge is 0.497 e. The summed E-state index contributed by atoms with van der Waals surface area (Å²) in [6.07, 6.45) is 7.35. The highest BCUT2D eigenvalue weighted by atomic mass is 16.5. The second-order valence-electron chi connectivity index (χ2n) is 15.6. The van der Waals surface area contributed by atoms with Crippen molar-refractivity contribution in [2.75, 3.05) is 56.9 Å². The van der Waals surface area contributed by atoms with E-state index >= 15 is 0 Å². The van der Waals surface area contributed by atoms with Crippen LogP contribution in [0.1, 0.15) is 56.8 Å². The van der Waals surface area contributed by atoms with E-state index in [0.717, 1.165) is 74.0 Å². The van der Waals surface area contributed by atoms with Crippen molar-refractivity contribution in [1.29, 1.82) is 0 Å². The fourth-order valence-corrected chi connectivity index (χ4v) is 8.38. The minimum atomic E-state index is 0.268. The van der Waals surface area contributed by atoms with Gasteiger partial charge < -0.3 is 37.9 Å². The predicted molar refractivity (Wildman–Crippen MR) is 248 cm³/mol. The van der Waals surface area contributed by atoms with Crippen LogP contribution < -0.4 is 37.9 Å². The van der Waals surface area contributed by atoms with Crippen molar-refractivity contribution in [3.8, 4) is 46.0 Å². The lowest BCUT2D eigenvalue weighted by molar-refractivity contribution is 0.324. The van der Waals surface area contributed by atoms with Gasteiger partial charge in [0.2, 0.25) is 11.5 Å². The molecule has 0 bridgehead atoms. The van der Waals surface area contributed by atoms with Gasteiger partial charge in [-0.2, -0.15) is 0 Å². The lowest BCUT2D eigenvalue weighted by Gasteiger charge is -2.29. The topological polar surface area (TPSA) is 73.8 Å². The number of aryl methyl sites for hydroxylation is 5. The summed E-state index contributed by atoms with van der Waals surface area (Å²) in [6, 6.07) is 43.7. The van der Waals surface area contributed by atoms with Crippen LogP contribution >= 0.6 is 0 Å². The van der Waals surface area contributed by atoms with E-state index in [1.807, 2.05) is 24.3 Å². The summed E-state index contributed by atoms with van der Waals surface area (Å²) in [5, 5.41) is 0. The van der Waals surface area contributed by atoms with Crippen LogP contribution in [-0.2, 0) is 44.9 Å². The van der Waals surface area contributed by atoms with Crippen molar-refractivity contribution < 1.29 is 37.9 Å². The summed E-state index contributed by atoms with van der Waals surface area (Å²) in [5.41, 5.74) is 10.1. The predicted octanol–water partition coefficient (Wildman–Crippen LogP) is 11.1. The van der Waals surface area contributed by atoms with E-state index in [0.29, 0.717) is 40.4 Å². The number of methoxy groups -OCH3 is 8. The second kappa shape index (κ2) is 22.5. The molecule has 0 saturated carbocycles. The van der Waals surface area contributed by atoms with E-state index in [1.54, 1.807) is 56.9 Å². The smallest absolute Gasteiger partial charge is 0.203 e. The Hall–Kier alpha value is -6.28. The average Bonchev–Trinajstić information content (AvgIpc) is 3.33. The third kappa shape index (κ3) is 11.8. The Kier molecular flexibility index (Phi) is 16.4. The maximum Gasteiger partial charge on any atom is 0.203 e. The summed E-state index contributed by atoms with van der Waals surface area (Å²) in [5.74, 6) is 6.27. The molecular formula is C54H62O8. The first-order valence-electron chi connectivity index (χ1n) is 21.3. The monoisotopic (exact) mass is 838 g/mol. The van der Waals surface area contributed by atoms with Gasteiger partial charge in [-0.25, -0.2) is 0 Å². The fourth-order valence-electron chi connectivity index (χ4n) is 8.38. The first kappa shape index (κ1) is 45.3. The molecule has 6 rings (SSSR count). The molecule has 6 aromatic rings. The van der Waals surface area contributed by atoms with Crippen molar-refractivity contribution in [2.24, 2.45) is 5.92 Å². The summed E-state index contributed by atoms with van der Waals surface area (Å²) in [6.45, 7) is 0. The number of hydrogen-bond acceptors (Lipinski definition) is 8. The van der Waals surface area contributed by atoms with Gasteiger partial charge in [0.1, 0.15) is 11.5 Å². The summed E-state index contributed by atoms with van der Waals surface area (Å²) in [4.78, 5) is 0. The SMILES string of the molecule is COc1ccc(CC[C@@H](Cc2ccc(CCc3cc(OC)c(OC)c(OC)c3)cc2)[C@H](Cc2ccc(CCc3cc(OC)c(OC)c(OC)c3)cc2)c2ccc(OC)cc2)cc1. The molecule has 62 heavy (non-hydrogen) atoms. The Balaban J connectivity index is 1.23. The van der Waals surface area contributed by atoms with Gasteiger partial charge >= 0.3 is 0 Å². The van der Waals surface area contributed by atoms with Crippen molar-refractivity contribution in [3.63, 3.8) is 0 Å². The molecule has 0 fully saturated rings. The zero-order valence-corrected chi connectivity index (χ0v) is 37.6. The molecule has 2 atom stereocenters. The van der Waals surface area contributed by atoms with Crippen LogP contribution in [-0.4, -0.2) is 56.9 Å². The molecule has 0 aliphatic rings. The molecule has 0 heterocycles. The van der Waals surface area contributed by atoms with E-state index in [-0.39, 0.29) is 5.92 Å². The van der Waals surface area contributed by atoms with Crippen molar-refractivity contribution in [3.05, 3.63) is 166 Å². The average molecular weight is 839 g/mol. The van der Waals surface area contributed by atoms with Gasteiger partial charge in [-0.05, 0) is 156 Å². The van der Waals surface area contributed by atoms with E-state index in [9.17, 15) is 0 Å². The maximum absolute atomic E-state index is 5.60. The lowest BCUT2D eigenvalue weighted by Crippen LogP contribution is -2.19. The molecule has 0 aliphatic carbocycles. The second-order valence-corrected chi connectivity index (χ2v) is 15.6. The Morgan fingerprint density at radius 1 is 0.323 bits per heavy atom. The molecule has 0 unspecified atom stereocenters. The third-order valence-electron chi connectivity index (χ3n) is 11.9. The van der Waals surface area contributed by atoms with Crippen LogP contribution in [0.3, 0.4) is 0 Å². The van der Waals surface area contributed by atoms with Gasteiger partial charge in [0, 0.05) is 0 Å². The molecule has 8 heteroatoms. The fraction of sp³-hybridized carbons (Fsp3) is 0.333. The van der Waals surface area contributed by atoms with E-state index in [1.165, 1.54) is 33.4 Å². The molecule has 0 radical (unpaired) electrons. The summed E-state index contributed by atoms with van der Waals surface area (Å²) >= 11 is 0. The minimum absolute atomic E-state index is 0.268. The molecule has 0 amide bonds. The molecule has 8 nitrogen and oxygen atoms in total. The van der Waals surface area contributed by atoms with Gasteiger partial charge in [-0.3, -0.25) is 0 Å². The normalized spacial score (nSPS) is 11.9. The van der Waals surface area contributed by atoms with Crippen LogP contribution in [0.25, 0.3) is 0 Å². The van der Waals surface area contributed by atoms with Gasteiger partial charge in [-0.15, -0.1) is 0 Å². The standard InChI is InChI=1S/C54H62O8/c1-55-46-27-22-39(23-28-46)21-24-45(31-40-15-9-37(10-16-40)13-19-42-33-49(57-3)53(61-7)50(34-42)58-4)48(44-25-29-47(56-2)30-26-44)32-41-17-11-38(12-18-41)14-20-43-35-51(59-5)54(62-8)52(36-43)60-6/h9-12,15-18,22-23,25-30,33-36,45,48H,13-14,19-21,24,31-32H2,1-8H3/t45-,48+/m0/s1. The summed E-state index contributed by atoms with van der Waals surface area (Å²) in [7, 11) is 13.3. The van der Waals surface area contributed by atoms with Crippen LogP contribution in [0.5, 0.6) is 46.0 Å². The molecule has 326 valence electrons. The lowest BCUT2D eigenvalue weighted by atomic mass is 9.75. The quantitative estimate of drug-likeness (QED) is 0.0632. The Morgan fingerprint density at radius 2 is 0.661 bits per heavy atom. The van der Waals surface area contributed by atoms with Gasteiger partial charge in [-0.1, -0.05) is 72.8 Å². The first-order valence-corrected chi connectivity index (χ1v) is 21.3. The number of hydrogen-bond donors (Lipinski definition) is 0. The van der Waals surface area contributed by atoms with Gasteiger partial charge in [0.05, 0.1) is 56.9 Å². The molecule has 0 N–H and O–H groups in total. The number of benzene rings is 6. The van der Waals surface area contributed by atoms with Gasteiger partial charge in [0.25, 0.3) is 0 Å². The Morgan fingerprint density at radius 3 is 1.05 bits per heavy atom. The van der Waals surface area contributed by atoms with Crippen LogP contribution in [0, 0.1) is 5.92 Å². The first-order chi connectivity index (χ1) is 30.3. The molecular weight excluding hydrogens is 777 g/mol. The molecule has 0 aromatic heterocycles. The van der Waals surface area contributed by atoms with Gasteiger partial charge in [0.15, 0.2) is 23.0 Å².